The van der Waals surface area contributed by atoms with Gasteiger partial charge in [-0.1, -0.05) is 12.1 Å². The van der Waals surface area contributed by atoms with Crippen molar-refractivity contribution in [1.29, 1.82) is 0 Å². The van der Waals surface area contributed by atoms with Crippen LogP contribution < -0.4 is 10.4 Å². The second-order valence-corrected chi connectivity index (χ2v) is 9.79. The number of aromatic nitrogens is 2. The molecule has 2 aliphatic heterocycles. The molecular weight excluding hydrogens is 479 g/mol. The molecule has 2 aromatic rings. The Morgan fingerprint density at radius 3 is 2.19 bits per heavy atom. The van der Waals surface area contributed by atoms with Gasteiger partial charge in [0, 0.05) is 31.9 Å². The Hall–Kier alpha value is -1.98. The summed E-state index contributed by atoms with van der Waals surface area (Å²) in [6.07, 6.45) is 5.67. The Balaban J connectivity index is 0.00000181. The Bertz CT molecular complexity index is 1010. The summed E-state index contributed by atoms with van der Waals surface area (Å²) in [5, 5.41) is 9.13. The molecule has 2 N–H and O–H groups in total. The van der Waals surface area contributed by atoms with Gasteiger partial charge in [-0.25, -0.2) is 18.9 Å². The third kappa shape index (κ3) is 4.69. The minimum Gasteiger partial charge on any atom is -0.381 e. The molecule has 0 aliphatic carbocycles. The smallest absolute Gasteiger partial charge is 0.265 e. The van der Waals surface area contributed by atoms with Gasteiger partial charge in [-0.05, 0) is 37.8 Å². The molecule has 176 valence electrons. The first kappa shape index (κ1) is 26.3. The molecule has 32 heavy (non-hydrogen) atoms. The lowest BCUT2D eigenvalue weighted by atomic mass is 9.98. The number of carbonyl (C=O) groups is 1. The number of nitrogens with one attached hydrogen (secondary N) is 1. The minimum atomic E-state index is -4.05. The van der Waals surface area contributed by atoms with Crippen molar-refractivity contribution in [1.82, 2.24) is 15.4 Å². The number of hydrogen-bond donors (Lipinski definition) is 2. The standard InChI is InChI=1S/C20H24N4O5S.2ClH/c25-19(23-26)20(7-11-29-12-8-20)30(27,28)16-5-3-15(4-6-16)17-13-22-18(14-21-17)24-9-1-2-10-24;;/h3-6,13-14,26H,1-2,7-12H2,(H,23,25);2*1H. The number of halogens is 2. The topological polar surface area (TPSA) is 122 Å². The van der Waals surface area contributed by atoms with E-state index in [-0.39, 0.29) is 55.8 Å². The first-order chi connectivity index (χ1) is 14.5. The number of hydrogen-bond acceptors (Lipinski definition) is 8. The Kier molecular flexibility index (Phi) is 8.83. The van der Waals surface area contributed by atoms with Gasteiger partial charge in [0.15, 0.2) is 14.6 Å². The molecule has 0 saturated carbocycles. The van der Waals surface area contributed by atoms with Gasteiger partial charge in [-0.3, -0.25) is 15.0 Å². The zero-order valence-electron chi connectivity index (χ0n) is 17.3. The fourth-order valence-electron chi connectivity index (χ4n) is 4.03. The molecule has 1 amide bonds. The lowest BCUT2D eigenvalue weighted by Crippen LogP contribution is -2.54. The van der Waals surface area contributed by atoms with Crippen molar-refractivity contribution in [2.75, 3.05) is 31.2 Å². The fourth-order valence-corrected chi connectivity index (χ4v) is 5.97. The van der Waals surface area contributed by atoms with Crippen molar-refractivity contribution < 1.29 is 23.2 Å². The van der Waals surface area contributed by atoms with Crippen LogP contribution in [0.3, 0.4) is 0 Å². The zero-order valence-corrected chi connectivity index (χ0v) is 19.7. The van der Waals surface area contributed by atoms with Gasteiger partial charge in [-0.2, -0.15) is 0 Å². The third-order valence-corrected chi connectivity index (χ3v) is 8.37. The van der Waals surface area contributed by atoms with E-state index in [1.165, 1.54) is 17.6 Å². The van der Waals surface area contributed by atoms with Gasteiger partial charge < -0.3 is 9.64 Å². The molecule has 0 unspecified atom stereocenters. The fraction of sp³-hybridized carbons (Fsp3) is 0.450. The van der Waals surface area contributed by atoms with Crippen molar-refractivity contribution in [3.63, 3.8) is 0 Å². The summed E-state index contributed by atoms with van der Waals surface area (Å²) in [6, 6.07) is 6.22. The summed E-state index contributed by atoms with van der Waals surface area (Å²) in [6.45, 7) is 2.22. The molecule has 9 nitrogen and oxygen atoms in total. The van der Waals surface area contributed by atoms with Crippen LogP contribution in [0, 0.1) is 0 Å². The van der Waals surface area contributed by atoms with Gasteiger partial charge in [0.25, 0.3) is 5.91 Å². The van der Waals surface area contributed by atoms with E-state index in [0.29, 0.717) is 5.69 Å². The zero-order chi connectivity index (χ0) is 21.2. The first-order valence-electron chi connectivity index (χ1n) is 9.92. The largest absolute Gasteiger partial charge is 0.381 e. The quantitative estimate of drug-likeness (QED) is 0.470. The lowest BCUT2D eigenvalue weighted by molar-refractivity contribution is -0.134. The monoisotopic (exact) mass is 504 g/mol. The predicted molar refractivity (Wildman–Crippen MR) is 123 cm³/mol. The van der Waals surface area contributed by atoms with E-state index in [0.717, 1.165) is 37.3 Å². The highest BCUT2D eigenvalue weighted by atomic mass is 35.5. The molecule has 12 heteroatoms. The maximum atomic E-state index is 13.3. The summed E-state index contributed by atoms with van der Waals surface area (Å²) in [7, 11) is -4.05. The van der Waals surface area contributed by atoms with Gasteiger partial charge in [-0.15, -0.1) is 24.8 Å². The van der Waals surface area contributed by atoms with Crippen LogP contribution in [0.5, 0.6) is 0 Å². The maximum absolute atomic E-state index is 13.3. The van der Waals surface area contributed by atoms with E-state index >= 15 is 0 Å². The second-order valence-electron chi connectivity index (χ2n) is 7.53. The Morgan fingerprint density at radius 2 is 1.66 bits per heavy atom. The number of rotatable bonds is 5. The number of amides is 1. The second kappa shape index (κ2) is 10.8. The van der Waals surface area contributed by atoms with Crippen molar-refractivity contribution >= 4 is 46.4 Å². The molecule has 4 rings (SSSR count). The normalized spacial score (nSPS) is 17.7. The van der Waals surface area contributed by atoms with Crippen molar-refractivity contribution in [3.8, 4) is 11.3 Å². The summed E-state index contributed by atoms with van der Waals surface area (Å²) in [5.41, 5.74) is 2.88. The van der Waals surface area contributed by atoms with Crippen LogP contribution in [-0.2, 0) is 19.4 Å². The number of anilines is 1. The SMILES string of the molecule is Cl.Cl.O=C(NO)C1(S(=O)(=O)c2ccc(-c3cnc(N4CCCC4)cn3)cc2)CCOCC1. The van der Waals surface area contributed by atoms with Crippen LogP contribution >= 0.6 is 24.8 Å². The average molecular weight is 505 g/mol. The number of hydroxylamine groups is 1. The van der Waals surface area contributed by atoms with Crippen molar-refractivity contribution in [2.24, 2.45) is 0 Å². The van der Waals surface area contributed by atoms with E-state index in [4.69, 9.17) is 9.94 Å². The molecule has 0 radical (unpaired) electrons. The highest BCUT2D eigenvalue weighted by molar-refractivity contribution is 7.93. The summed E-state index contributed by atoms with van der Waals surface area (Å²) in [5.74, 6) is -0.0924. The van der Waals surface area contributed by atoms with E-state index < -0.39 is 20.5 Å². The van der Waals surface area contributed by atoms with Crippen LogP contribution in [0.2, 0.25) is 0 Å². The van der Waals surface area contributed by atoms with E-state index in [2.05, 4.69) is 14.9 Å². The molecule has 0 atom stereocenters. The number of carbonyl (C=O) groups excluding carboxylic acids is 1. The van der Waals surface area contributed by atoms with E-state index in [1.54, 1.807) is 24.5 Å². The van der Waals surface area contributed by atoms with Gasteiger partial charge in [0.05, 0.1) is 23.0 Å². The van der Waals surface area contributed by atoms with E-state index in [1.807, 2.05) is 0 Å². The number of nitrogens with zero attached hydrogens (tertiary/aromatic N) is 3. The summed E-state index contributed by atoms with van der Waals surface area (Å²) in [4.78, 5) is 23.5. The lowest BCUT2D eigenvalue weighted by Gasteiger charge is -2.34. The van der Waals surface area contributed by atoms with E-state index in [9.17, 15) is 13.2 Å². The Labute approximate surface area is 199 Å². The third-order valence-electron chi connectivity index (χ3n) is 5.86. The molecule has 3 heterocycles. The minimum absolute atomic E-state index is 0. The maximum Gasteiger partial charge on any atom is 0.265 e. The van der Waals surface area contributed by atoms with Crippen LogP contribution in [0.15, 0.2) is 41.6 Å². The first-order valence-corrected chi connectivity index (χ1v) is 11.4. The van der Waals surface area contributed by atoms with Crippen molar-refractivity contribution in [3.05, 3.63) is 36.7 Å². The molecule has 1 aromatic carbocycles. The van der Waals surface area contributed by atoms with Gasteiger partial charge in [0.2, 0.25) is 0 Å². The predicted octanol–water partition coefficient (Wildman–Crippen LogP) is 2.42. The van der Waals surface area contributed by atoms with Crippen LogP contribution in [0.1, 0.15) is 25.7 Å². The van der Waals surface area contributed by atoms with Gasteiger partial charge >= 0.3 is 0 Å². The summed E-state index contributed by atoms with van der Waals surface area (Å²) >= 11 is 0. The molecule has 1 aromatic heterocycles. The molecule has 2 aliphatic rings. The highest BCUT2D eigenvalue weighted by Crippen LogP contribution is 2.36. The number of benzene rings is 1. The molecule has 2 saturated heterocycles. The van der Waals surface area contributed by atoms with Crippen LogP contribution in [0.25, 0.3) is 11.3 Å². The molecule has 0 spiro atoms. The Morgan fingerprint density at radius 1 is 1.03 bits per heavy atom. The van der Waals surface area contributed by atoms with Gasteiger partial charge in [0.1, 0.15) is 5.82 Å². The highest BCUT2D eigenvalue weighted by Gasteiger charge is 2.52. The van der Waals surface area contributed by atoms with Crippen molar-refractivity contribution in [2.45, 2.75) is 35.3 Å². The molecule has 2 fully saturated rings. The summed E-state index contributed by atoms with van der Waals surface area (Å²) < 4.78 is 30.1. The number of sulfone groups is 1. The molecular formula is C20H26Cl2N4O5S. The average Bonchev–Trinajstić information content (AvgIpc) is 3.34. The molecule has 0 bridgehead atoms. The van der Waals surface area contributed by atoms with Crippen LogP contribution in [0.4, 0.5) is 5.82 Å². The van der Waals surface area contributed by atoms with Crippen LogP contribution in [-0.4, -0.2) is 60.6 Å². The number of ether oxygens (including phenoxy) is 1.